The molecule has 6 nitrogen and oxygen atoms in total. The van der Waals surface area contributed by atoms with E-state index in [1.165, 1.54) is 0 Å². The predicted octanol–water partition coefficient (Wildman–Crippen LogP) is -1.10. The lowest BCUT2D eigenvalue weighted by Crippen LogP contribution is -2.48. The molecule has 82 valence electrons. The summed E-state index contributed by atoms with van der Waals surface area (Å²) >= 11 is 0. The van der Waals surface area contributed by atoms with Crippen LogP contribution in [0.4, 0.5) is 5.82 Å². The van der Waals surface area contributed by atoms with Crippen molar-refractivity contribution in [2.45, 2.75) is 6.54 Å². The first-order valence-electron chi connectivity index (χ1n) is 5.00. The van der Waals surface area contributed by atoms with E-state index in [1.807, 2.05) is 4.57 Å². The Kier molecular flexibility index (Phi) is 2.86. The third-order valence-corrected chi connectivity index (χ3v) is 2.45. The second-order valence-electron chi connectivity index (χ2n) is 3.66. The fourth-order valence-electron chi connectivity index (χ4n) is 1.64. The van der Waals surface area contributed by atoms with Gasteiger partial charge in [-0.1, -0.05) is 0 Å². The molecular weight excluding hydrogens is 194 g/mol. The highest BCUT2D eigenvalue weighted by Gasteiger charge is 2.15. The number of hydrogen-bond donors (Lipinski definition) is 2. The van der Waals surface area contributed by atoms with Gasteiger partial charge in [0.15, 0.2) is 0 Å². The van der Waals surface area contributed by atoms with Gasteiger partial charge >= 0.3 is 0 Å². The SMILES string of the molecule is Nc1cn(CCN2CCNC(=O)C2)cn1. The van der Waals surface area contributed by atoms with Crippen LogP contribution < -0.4 is 11.1 Å². The highest BCUT2D eigenvalue weighted by molar-refractivity contribution is 5.78. The summed E-state index contributed by atoms with van der Waals surface area (Å²) in [6, 6.07) is 0. The number of imidazole rings is 1. The van der Waals surface area contributed by atoms with Crippen LogP contribution >= 0.6 is 0 Å². The van der Waals surface area contributed by atoms with Crippen LogP contribution in [0, 0.1) is 0 Å². The predicted molar refractivity (Wildman–Crippen MR) is 56.1 cm³/mol. The molecule has 3 N–H and O–H groups in total. The first-order valence-corrected chi connectivity index (χ1v) is 5.00. The molecule has 1 aliphatic rings. The van der Waals surface area contributed by atoms with Crippen LogP contribution in [0.3, 0.4) is 0 Å². The fourth-order valence-corrected chi connectivity index (χ4v) is 1.64. The molecule has 1 aliphatic heterocycles. The molecule has 2 rings (SSSR count). The lowest BCUT2D eigenvalue weighted by atomic mass is 10.3. The van der Waals surface area contributed by atoms with E-state index >= 15 is 0 Å². The molecule has 1 saturated heterocycles. The summed E-state index contributed by atoms with van der Waals surface area (Å²) < 4.78 is 1.93. The Morgan fingerprint density at radius 3 is 3.07 bits per heavy atom. The van der Waals surface area contributed by atoms with Gasteiger partial charge < -0.3 is 15.6 Å². The van der Waals surface area contributed by atoms with Crippen molar-refractivity contribution in [3.63, 3.8) is 0 Å². The van der Waals surface area contributed by atoms with Gasteiger partial charge in [-0.15, -0.1) is 0 Å². The van der Waals surface area contributed by atoms with Crippen molar-refractivity contribution in [1.82, 2.24) is 19.8 Å². The maximum absolute atomic E-state index is 11.1. The Morgan fingerprint density at radius 2 is 2.40 bits per heavy atom. The number of rotatable bonds is 3. The molecule has 0 bridgehead atoms. The zero-order chi connectivity index (χ0) is 10.7. The minimum atomic E-state index is 0.103. The van der Waals surface area contributed by atoms with E-state index < -0.39 is 0 Å². The number of nitrogens with one attached hydrogen (secondary N) is 1. The topological polar surface area (TPSA) is 76.2 Å². The molecule has 1 aromatic heterocycles. The van der Waals surface area contributed by atoms with Crippen LogP contribution in [-0.2, 0) is 11.3 Å². The second-order valence-corrected chi connectivity index (χ2v) is 3.66. The Bertz CT molecular complexity index is 348. The number of nitrogen functional groups attached to an aromatic ring is 1. The molecule has 0 aromatic carbocycles. The first-order chi connectivity index (χ1) is 7.24. The highest BCUT2D eigenvalue weighted by Crippen LogP contribution is 1.99. The number of anilines is 1. The number of piperazine rings is 1. The van der Waals surface area contributed by atoms with E-state index in [4.69, 9.17) is 5.73 Å². The monoisotopic (exact) mass is 209 g/mol. The van der Waals surface area contributed by atoms with Gasteiger partial charge in [0.1, 0.15) is 5.82 Å². The van der Waals surface area contributed by atoms with Crippen molar-refractivity contribution in [3.8, 4) is 0 Å². The van der Waals surface area contributed by atoms with Crippen LogP contribution in [0.25, 0.3) is 0 Å². The normalized spacial score (nSPS) is 17.7. The first kappa shape index (κ1) is 9.97. The third kappa shape index (κ3) is 2.69. The van der Waals surface area contributed by atoms with Gasteiger partial charge in [-0.2, -0.15) is 0 Å². The summed E-state index contributed by atoms with van der Waals surface area (Å²) in [4.78, 5) is 17.2. The molecule has 0 spiro atoms. The number of carbonyl (C=O) groups is 1. The highest BCUT2D eigenvalue weighted by atomic mass is 16.2. The Hall–Kier alpha value is -1.56. The van der Waals surface area contributed by atoms with Crippen LogP contribution in [0.1, 0.15) is 0 Å². The van der Waals surface area contributed by atoms with Crippen molar-refractivity contribution in [2.75, 3.05) is 31.9 Å². The summed E-state index contributed by atoms with van der Waals surface area (Å²) in [6.07, 6.45) is 3.50. The smallest absolute Gasteiger partial charge is 0.234 e. The van der Waals surface area contributed by atoms with Crippen molar-refractivity contribution >= 4 is 11.7 Å². The van der Waals surface area contributed by atoms with Crippen molar-refractivity contribution < 1.29 is 4.79 Å². The van der Waals surface area contributed by atoms with Crippen LogP contribution in [0.15, 0.2) is 12.5 Å². The van der Waals surface area contributed by atoms with Gasteiger partial charge in [0.05, 0.1) is 12.9 Å². The number of nitrogens with two attached hydrogens (primary N) is 1. The van der Waals surface area contributed by atoms with Crippen molar-refractivity contribution in [2.24, 2.45) is 0 Å². The van der Waals surface area contributed by atoms with Crippen molar-refractivity contribution in [1.29, 1.82) is 0 Å². The van der Waals surface area contributed by atoms with Crippen LogP contribution in [-0.4, -0.2) is 46.5 Å². The molecular formula is C9H15N5O. The molecule has 0 atom stereocenters. The molecule has 0 aliphatic carbocycles. The van der Waals surface area contributed by atoms with Crippen LogP contribution in [0.5, 0.6) is 0 Å². The Morgan fingerprint density at radius 1 is 1.53 bits per heavy atom. The fraction of sp³-hybridized carbons (Fsp3) is 0.556. The lowest BCUT2D eigenvalue weighted by molar-refractivity contribution is -0.124. The number of amides is 1. The van der Waals surface area contributed by atoms with Crippen molar-refractivity contribution in [3.05, 3.63) is 12.5 Å². The van der Waals surface area contributed by atoms with E-state index in [1.54, 1.807) is 12.5 Å². The average Bonchev–Trinajstić information content (AvgIpc) is 2.62. The second kappa shape index (κ2) is 4.31. The van der Waals surface area contributed by atoms with Crippen LogP contribution in [0.2, 0.25) is 0 Å². The summed E-state index contributed by atoms with van der Waals surface area (Å²) in [5.74, 6) is 0.637. The van der Waals surface area contributed by atoms with Gasteiger partial charge in [0.2, 0.25) is 5.91 Å². The minimum absolute atomic E-state index is 0.103. The van der Waals surface area contributed by atoms with Gasteiger partial charge in [0.25, 0.3) is 0 Å². The Balaban J connectivity index is 1.80. The lowest BCUT2D eigenvalue weighted by Gasteiger charge is -2.26. The summed E-state index contributed by atoms with van der Waals surface area (Å²) in [7, 11) is 0. The third-order valence-electron chi connectivity index (χ3n) is 2.45. The molecule has 1 fully saturated rings. The summed E-state index contributed by atoms with van der Waals surface area (Å²) in [5.41, 5.74) is 5.50. The van der Waals surface area contributed by atoms with E-state index in [0.29, 0.717) is 12.4 Å². The summed E-state index contributed by atoms with van der Waals surface area (Å²) in [6.45, 7) is 3.81. The number of carbonyl (C=O) groups excluding carboxylic acids is 1. The molecule has 0 radical (unpaired) electrons. The largest absolute Gasteiger partial charge is 0.382 e. The van der Waals surface area contributed by atoms with E-state index in [0.717, 1.165) is 26.2 Å². The molecule has 2 heterocycles. The molecule has 15 heavy (non-hydrogen) atoms. The van der Waals surface area contributed by atoms with Gasteiger partial charge in [-0.25, -0.2) is 4.98 Å². The Labute approximate surface area is 88.1 Å². The molecule has 1 amide bonds. The molecule has 0 saturated carbocycles. The molecule has 1 aromatic rings. The van der Waals surface area contributed by atoms with E-state index in [2.05, 4.69) is 15.2 Å². The maximum atomic E-state index is 11.1. The zero-order valence-electron chi connectivity index (χ0n) is 8.52. The zero-order valence-corrected chi connectivity index (χ0v) is 8.52. The van der Waals surface area contributed by atoms with Gasteiger partial charge in [0, 0.05) is 32.4 Å². The molecule has 6 heteroatoms. The van der Waals surface area contributed by atoms with E-state index in [-0.39, 0.29) is 5.91 Å². The number of aromatic nitrogens is 2. The average molecular weight is 209 g/mol. The quantitative estimate of drug-likeness (QED) is 0.662. The summed E-state index contributed by atoms with van der Waals surface area (Å²) in [5, 5.41) is 2.79. The molecule has 0 unspecified atom stereocenters. The van der Waals surface area contributed by atoms with Gasteiger partial charge in [-0.3, -0.25) is 9.69 Å². The number of hydrogen-bond acceptors (Lipinski definition) is 4. The standard InChI is InChI=1S/C9H15N5O/c10-8-5-14(7-12-8)4-3-13-2-1-11-9(15)6-13/h5,7H,1-4,6,10H2,(H,11,15). The minimum Gasteiger partial charge on any atom is -0.382 e. The number of nitrogens with zero attached hydrogens (tertiary/aromatic N) is 3. The van der Waals surface area contributed by atoms with Gasteiger partial charge in [-0.05, 0) is 0 Å². The van der Waals surface area contributed by atoms with E-state index in [9.17, 15) is 4.79 Å². The maximum Gasteiger partial charge on any atom is 0.234 e.